The predicted octanol–water partition coefficient (Wildman–Crippen LogP) is 4.10. The van der Waals surface area contributed by atoms with Gasteiger partial charge in [0.25, 0.3) is 0 Å². The lowest BCUT2D eigenvalue weighted by Gasteiger charge is -2.18. The summed E-state index contributed by atoms with van der Waals surface area (Å²) in [6, 6.07) is 11.2. The molecule has 1 heterocycles. The third kappa shape index (κ3) is 5.64. The molecule has 1 amide bonds. The molecule has 0 unspecified atom stereocenters. The van der Waals surface area contributed by atoms with Gasteiger partial charge in [-0.1, -0.05) is 29.4 Å². The van der Waals surface area contributed by atoms with E-state index in [4.69, 9.17) is 25.8 Å². The highest BCUT2D eigenvalue weighted by Crippen LogP contribution is 2.29. The Kier molecular flexibility index (Phi) is 8.06. The Hall–Kier alpha value is -2.42. The molecule has 9 heteroatoms. The molecule has 0 aliphatic carbocycles. The van der Waals surface area contributed by atoms with Crippen LogP contribution in [0.25, 0.3) is 11.0 Å². The van der Waals surface area contributed by atoms with Crippen LogP contribution in [0.15, 0.2) is 41.6 Å². The van der Waals surface area contributed by atoms with Crippen molar-refractivity contribution in [3.05, 3.63) is 47.0 Å². The summed E-state index contributed by atoms with van der Waals surface area (Å²) in [5.41, 5.74) is 2.73. The van der Waals surface area contributed by atoms with Crippen molar-refractivity contribution in [2.24, 2.45) is 0 Å². The Bertz CT molecular complexity index is 1060. The van der Waals surface area contributed by atoms with E-state index < -0.39 is 0 Å². The Labute approximate surface area is 191 Å². The minimum absolute atomic E-state index is 0.00293. The number of fused-ring (bicyclic) bond motifs is 1. The highest BCUT2D eigenvalue weighted by Gasteiger charge is 2.16. The molecule has 0 fully saturated rings. The lowest BCUT2D eigenvalue weighted by Crippen LogP contribution is -2.28. The molecule has 0 saturated heterocycles. The number of methoxy groups -OCH3 is 3. The molecule has 0 aliphatic rings. The van der Waals surface area contributed by atoms with Gasteiger partial charge in [-0.05, 0) is 35.9 Å². The fourth-order valence-corrected chi connectivity index (χ4v) is 4.31. The van der Waals surface area contributed by atoms with Crippen molar-refractivity contribution < 1.29 is 19.0 Å². The Morgan fingerprint density at radius 2 is 1.90 bits per heavy atom. The summed E-state index contributed by atoms with van der Waals surface area (Å²) in [5, 5.41) is 1.40. The zero-order valence-corrected chi connectivity index (χ0v) is 19.6. The number of ether oxygens (including phenoxy) is 3. The summed E-state index contributed by atoms with van der Waals surface area (Å²) in [6.07, 6.45) is 0. The van der Waals surface area contributed by atoms with E-state index in [1.54, 1.807) is 33.3 Å². The highest BCUT2D eigenvalue weighted by atomic mass is 35.5. The average molecular weight is 464 g/mol. The van der Waals surface area contributed by atoms with E-state index >= 15 is 0 Å². The largest absolute Gasteiger partial charge is 0.493 e. The fourth-order valence-electron chi connectivity index (χ4n) is 3.17. The second-order valence-electron chi connectivity index (χ2n) is 6.90. The molecule has 3 rings (SSSR count). The standard InChI is InChI=1S/C22H26ClN3O4S/c1-25(13-15-5-8-19(29-3)20(11-15)30-4)21(27)14-31-22-24-17-12-16(23)6-7-18(17)26(22)9-10-28-2/h5-8,11-12H,9-10,13-14H2,1-4H3. The monoisotopic (exact) mass is 463 g/mol. The van der Waals surface area contributed by atoms with E-state index in [9.17, 15) is 4.79 Å². The van der Waals surface area contributed by atoms with Crippen LogP contribution >= 0.6 is 23.4 Å². The van der Waals surface area contributed by atoms with Crippen molar-refractivity contribution in [2.45, 2.75) is 18.2 Å². The van der Waals surface area contributed by atoms with Gasteiger partial charge in [0.2, 0.25) is 5.91 Å². The molecular weight excluding hydrogens is 438 g/mol. The first-order valence-electron chi connectivity index (χ1n) is 9.69. The number of hydrogen-bond acceptors (Lipinski definition) is 6. The molecule has 0 aliphatic heterocycles. The molecule has 166 valence electrons. The Morgan fingerprint density at radius 1 is 1.13 bits per heavy atom. The second kappa shape index (κ2) is 10.7. The van der Waals surface area contributed by atoms with Crippen molar-refractivity contribution in [1.82, 2.24) is 14.5 Å². The Morgan fingerprint density at radius 3 is 2.61 bits per heavy atom. The van der Waals surface area contributed by atoms with E-state index in [1.165, 1.54) is 11.8 Å². The molecular formula is C22H26ClN3O4S. The summed E-state index contributed by atoms with van der Waals surface area (Å²) >= 11 is 7.52. The van der Waals surface area contributed by atoms with Gasteiger partial charge >= 0.3 is 0 Å². The quantitative estimate of drug-likeness (QED) is 0.422. The third-order valence-corrected chi connectivity index (χ3v) is 6.01. The molecule has 3 aromatic rings. The summed E-state index contributed by atoms with van der Waals surface area (Å²) in [6.45, 7) is 1.66. The number of amides is 1. The number of hydrogen-bond donors (Lipinski definition) is 0. The molecule has 0 saturated carbocycles. The van der Waals surface area contributed by atoms with E-state index in [0.717, 1.165) is 21.8 Å². The van der Waals surface area contributed by atoms with Gasteiger partial charge in [0.1, 0.15) is 0 Å². The van der Waals surface area contributed by atoms with Crippen molar-refractivity contribution in [3.63, 3.8) is 0 Å². The molecule has 1 aromatic heterocycles. The van der Waals surface area contributed by atoms with Crippen LogP contribution in [0, 0.1) is 0 Å². The van der Waals surface area contributed by atoms with E-state index in [-0.39, 0.29) is 11.7 Å². The van der Waals surface area contributed by atoms with Crippen LogP contribution < -0.4 is 9.47 Å². The summed E-state index contributed by atoms with van der Waals surface area (Å²) in [7, 11) is 6.64. The number of aromatic nitrogens is 2. The third-order valence-electron chi connectivity index (χ3n) is 4.81. The van der Waals surface area contributed by atoms with Crippen LogP contribution in [-0.2, 0) is 22.6 Å². The minimum Gasteiger partial charge on any atom is -0.493 e. The van der Waals surface area contributed by atoms with E-state index in [0.29, 0.717) is 36.2 Å². The number of benzene rings is 2. The molecule has 0 N–H and O–H groups in total. The van der Waals surface area contributed by atoms with Crippen LogP contribution in [0.4, 0.5) is 0 Å². The zero-order valence-electron chi connectivity index (χ0n) is 18.1. The van der Waals surface area contributed by atoms with Gasteiger partial charge in [0, 0.05) is 32.3 Å². The van der Waals surface area contributed by atoms with Crippen molar-refractivity contribution >= 4 is 40.3 Å². The smallest absolute Gasteiger partial charge is 0.233 e. The number of carbonyl (C=O) groups is 1. The summed E-state index contributed by atoms with van der Waals surface area (Å²) in [4.78, 5) is 19.1. The van der Waals surface area contributed by atoms with Crippen molar-refractivity contribution in [1.29, 1.82) is 0 Å². The number of carbonyl (C=O) groups excluding carboxylic acids is 1. The normalized spacial score (nSPS) is 11.0. The van der Waals surface area contributed by atoms with Crippen LogP contribution in [-0.4, -0.2) is 61.1 Å². The maximum Gasteiger partial charge on any atom is 0.233 e. The van der Waals surface area contributed by atoms with Gasteiger partial charge in [-0.3, -0.25) is 4.79 Å². The first-order valence-corrected chi connectivity index (χ1v) is 11.1. The second-order valence-corrected chi connectivity index (χ2v) is 8.28. The van der Waals surface area contributed by atoms with Crippen molar-refractivity contribution in [3.8, 4) is 11.5 Å². The predicted molar refractivity (Wildman–Crippen MR) is 123 cm³/mol. The maximum atomic E-state index is 12.8. The lowest BCUT2D eigenvalue weighted by atomic mass is 10.2. The lowest BCUT2D eigenvalue weighted by molar-refractivity contribution is -0.127. The average Bonchev–Trinajstić information content (AvgIpc) is 3.11. The molecule has 0 bridgehead atoms. The van der Waals surface area contributed by atoms with Gasteiger partial charge in [-0.15, -0.1) is 0 Å². The first-order chi connectivity index (χ1) is 15.0. The van der Waals surface area contributed by atoms with Crippen LogP contribution in [0.1, 0.15) is 5.56 Å². The first kappa shape index (κ1) is 23.2. The summed E-state index contributed by atoms with van der Waals surface area (Å²) in [5.74, 6) is 1.57. The van der Waals surface area contributed by atoms with Crippen LogP contribution in [0.2, 0.25) is 5.02 Å². The number of halogens is 1. The zero-order chi connectivity index (χ0) is 22.4. The van der Waals surface area contributed by atoms with E-state index in [1.807, 2.05) is 36.4 Å². The number of imidazole rings is 1. The fraction of sp³-hybridized carbons (Fsp3) is 0.364. The van der Waals surface area contributed by atoms with Gasteiger partial charge in [0.15, 0.2) is 16.7 Å². The Balaban J connectivity index is 1.69. The van der Waals surface area contributed by atoms with Gasteiger partial charge in [0.05, 0.1) is 37.6 Å². The SMILES string of the molecule is COCCn1c(SCC(=O)N(C)Cc2ccc(OC)c(OC)c2)nc2cc(Cl)ccc21. The van der Waals surface area contributed by atoms with Crippen molar-refractivity contribution in [2.75, 3.05) is 40.7 Å². The number of rotatable bonds is 10. The van der Waals surface area contributed by atoms with E-state index in [2.05, 4.69) is 9.55 Å². The molecule has 0 atom stereocenters. The molecule has 2 aromatic carbocycles. The van der Waals surface area contributed by atoms with Gasteiger partial charge < -0.3 is 23.7 Å². The van der Waals surface area contributed by atoms with Crippen LogP contribution in [0.3, 0.4) is 0 Å². The minimum atomic E-state index is 0.00293. The van der Waals surface area contributed by atoms with Gasteiger partial charge in [-0.25, -0.2) is 4.98 Å². The van der Waals surface area contributed by atoms with Gasteiger partial charge in [-0.2, -0.15) is 0 Å². The maximum absolute atomic E-state index is 12.8. The number of thioether (sulfide) groups is 1. The molecule has 0 spiro atoms. The highest BCUT2D eigenvalue weighted by molar-refractivity contribution is 7.99. The topological polar surface area (TPSA) is 65.8 Å². The van der Waals surface area contributed by atoms with Crippen LogP contribution in [0.5, 0.6) is 11.5 Å². The molecule has 31 heavy (non-hydrogen) atoms. The number of nitrogens with zero attached hydrogens (tertiary/aromatic N) is 3. The molecule has 0 radical (unpaired) electrons. The summed E-state index contributed by atoms with van der Waals surface area (Å²) < 4.78 is 17.9. The molecule has 7 nitrogen and oxygen atoms in total.